The predicted molar refractivity (Wildman–Crippen MR) is 66.1 cm³/mol. The van der Waals surface area contributed by atoms with Gasteiger partial charge in [0.25, 0.3) is 0 Å². The highest BCUT2D eigenvalue weighted by molar-refractivity contribution is 5.45. The highest BCUT2D eigenvalue weighted by Crippen LogP contribution is 2.11. The molecule has 15 heavy (non-hydrogen) atoms. The fraction of sp³-hybridized carbons (Fsp3) is 0.500. The van der Waals surface area contributed by atoms with Crippen LogP contribution >= 0.6 is 0 Å². The van der Waals surface area contributed by atoms with E-state index in [0.717, 1.165) is 13.1 Å². The van der Waals surface area contributed by atoms with E-state index in [1.165, 1.54) is 11.3 Å². The molecule has 1 atom stereocenters. The monoisotopic (exact) mass is 207 g/mol. The van der Waals surface area contributed by atoms with Crippen molar-refractivity contribution in [3.63, 3.8) is 0 Å². The normalized spacial score (nSPS) is 12.5. The lowest BCUT2D eigenvalue weighted by molar-refractivity contribution is 0.608. The molecule has 0 fully saturated rings. The van der Waals surface area contributed by atoms with Gasteiger partial charge in [-0.15, -0.1) is 0 Å². The van der Waals surface area contributed by atoms with Crippen LogP contribution in [-0.4, -0.2) is 26.7 Å². The number of anilines is 1. The smallest absolute Gasteiger partial charge is 0.0361 e. The molecule has 0 aliphatic carbocycles. The predicted octanol–water partition coefficient (Wildman–Crippen LogP) is 1.19. The summed E-state index contributed by atoms with van der Waals surface area (Å²) in [4.78, 5) is 2.10. The number of rotatable bonds is 5. The third kappa shape index (κ3) is 4.32. The molecule has 0 aliphatic rings. The summed E-state index contributed by atoms with van der Waals surface area (Å²) in [6.07, 6.45) is 0. The Morgan fingerprint density at radius 3 is 2.33 bits per heavy atom. The van der Waals surface area contributed by atoms with Gasteiger partial charge in [-0.05, 0) is 24.6 Å². The molecule has 84 valence electrons. The molecular formula is C12H21N3. The zero-order valence-corrected chi connectivity index (χ0v) is 9.83. The summed E-state index contributed by atoms with van der Waals surface area (Å²) < 4.78 is 0. The SMILES string of the molecule is CC(N)CNCc1ccc(N(C)C)cc1. The molecule has 3 N–H and O–H groups in total. The second-order valence-corrected chi connectivity index (χ2v) is 4.17. The van der Waals surface area contributed by atoms with E-state index < -0.39 is 0 Å². The number of nitrogens with two attached hydrogens (primary N) is 1. The maximum atomic E-state index is 5.65. The number of nitrogens with one attached hydrogen (secondary N) is 1. The van der Waals surface area contributed by atoms with Gasteiger partial charge in [-0.25, -0.2) is 0 Å². The fourth-order valence-electron chi connectivity index (χ4n) is 1.36. The number of nitrogens with zero attached hydrogens (tertiary/aromatic N) is 1. The lowest BCUT2D eigenvalue weighted by Gasteiger charge is -2.13. The molecule has 1 aromatic carbocycles. The molecule has 3 heteroatoms. The largest absolute Gasteiger partial charge is 0.378 e. The van der Waals surface area contributed by atoms with Crippen LogP contribution in [0.4, 0.5) is 5.69 Å². The third-order valence-electron chi connectivity index (χ3n) is 2.25. The minimum absolute atomic E-state index is 0.214. The molecule has 0 radical (unpaired) electrons. The Morgan fingerprint density at radius 1 is 1.27 bits per heavy atom. The van der Waals surface area contributed by atoms with Gasteiger partial charge in [0.2, 0.25) is 0 Å². The molecule has 0 spiro atoms. The number of benzene rings is 1. The Bertz CT molecular complexity index is 277. The van der Waals surface area contributed by atoms with E-state index in [2.05, 4.69) is 34.5 Å². The minimum Gasteiger partial charge on any atom is -0.378 e. The summed E-state index contributed by atoms with van der Waals surface area (Å²) in [6.45, 7) is 3.74. The van der Waals surface area contributed by atoms with Crippen LogP contribution in [0.25, 0.3) is 0 Å². The lowest BCUT2D eigenvalue weighted by atomic mass is 10.2. The van der Waals surface area contributed by atoms with Crippen molar-refractivity contribution < 1.29 is 0 Å². The average Bonchev–Trinajstić information content (AvgIpc) is 2.18. The molecule has 3 nitrogen and oxygen atoms in total. The highest BCUT2D eigenvalue weighted by atomic mass is 15.1. The first-order chi connectivity index (χ1) is 7.09. The van der Waals surface area contributed by atoms with E-state index in [-0.39, 0.29) is 6.04 Å². The van der Waals surface area contributed by atoms with Gasteiger partial charge in [-0.3, -0.25) is 0 Å². The summed E-state index contributed by atoms with van der Waals surface area (Å²) in [6, 6.07) is 8.75. The maximum Gasteiger partial charge on any atom is 0.0361 e. The Balaban J connectivity index is 2.43. The molecule has 1 rings (SSSR count). The Hall–Kier alpha value is -1.06. The van der Waals surface area contributed by atoms with Crippen LogP contribution in [0.2, 0.25) is 0 Å². The van der Waals surface area contributed by atoms with Crippen LogP contribution in [0, 0.1) is 0 Å². The molecule has 0 saturated carbocycles. The Labute approximate surface area is 92.3 Å². The zero-order chi connectivity index (χ0) is 11.3. The van der Waals surface area contributed by atoms with Gasteiger partial charge in [-0.1, -0.05) is 12.1 Å². The second-order valence-electron chi connectivity index (χ2n) is 4.17. The molecule has 0 heterocycles. The molecule has 0 bridgehead atoms. The first-order valence-corrected chi connectivity index (χ1v) is 5.32. The fourth-order valence-corrected chi connectivity index (χ4v) is 1.36. The standard InChI is InChI=1S/C12H21N3/c1-10(13)8-14-9-11-4-6-12(7-5-11)15(2)3/h4-7,10,14H,8-9,13H2,1-3H3. The van der Waals surface area contributed by atoms with Crippen molar-refractivity contribution in [1.29, 1.82) is 0 Å². The van der Waals surface area contributed by atoms with Crippen LogP contribution < -0.4 is 16.0 Å². The van der Waals surface area contributed by atoms with Gasteiger partial charge < -0.3 is 16.0 Å². The van der Waals surface area contributed by atoms with Crippen LogP contribution in [0.1, 0.15) is 12.5 Å². The summed E-state index contributed by atoms with van der Waals surface area (Å²) in [7, 11) is 4.09. The van der Waals surface area contributed by atoms with Gasteiger partial charge >= 0.3 is 0 Å². The number of hydrogen-bond donors (Lipinski definition) is 2. The molecular weight excluding hydrogens is 186 g/mol. The van der Waals surface area contributed by atoms with Crippen LogP contribution in [0.15, 0.2) is 24.3 Å². The first-order valence-electron chi connectivity index (χ1n) is 5.32. The second kappa shape index (κ2) is 5.73. The van der Waals surface area contributed by atoms with Crippen molar-refractivity contribution in [2.75, 3.05) is 25.5 Å². The quantitative estimate of drug-likeness (QED) is 0.762. The highest BCUT2D eigenvalue weighted by Gasteiger charge is 1.97. The van der Waals surface area contributed by atoms with E-state index in [1.807, 2.05) is 21.0 Å². The van der Waals surface area contributed by atoms with Crippen LogP contribution in [0.5, 0.6) is 0 Å². The van der Waals surface area contributed by atoms with Crippen molar-refractivity contribution in [3.05, 3.63) is 29.8 Å². The van der Waals surface area contributed by atoms with Gasteiger partial charge in [0.05, 0.1) is 0 Å². The van der Waals surface area contributed by atoms with Crippen molar-refractivity contribution in [1.82, 2.24) is 5.32 Å². The van der Waals surface area contributed by atoms with Crippen LogP contribution in [0.3, 0.4) is 0 Å². The van der Waals surface area contributed by atoms with Gasteiger partial charge in [0.1, 0.15) is 0 Å². The van der Waals surface area contributed by atoms with Crippen molar-refractivity contribution in [2.24, 2.45) is 5.73 Å². The lowest BCUT2D eigenvalue weighted by Crippen LogP contribution is -2.30. The Morgan fingerprint density at radius 2 is 1.87 bits per heavy atom. The van der Waals surface area contributed by atoms with E-state index in [0.29, 0.717) is 0 Å². The van der Waals surface area contributed by atoms with E-state index in [4.69, 9.17) is 5.73 Å². The maximum absolute atomic E-state index is 5.65. The zero-order valence-electron chi connectivity index (χ0n) is 9.83. The van der Waals surface area contributed by atoms with Gasteiger partial charge in [-0.2, -0.15) is 0 Å². The summed E-state index contributed by atoms with van der Waals surface area (Å²) in [5.74, 6) is 0. The van der Waals surface area contributed by atoms with E-state index >= 15 is 0 Å². The van der Waals surface area contributed by atoms with Crippen molar-refractivity contribution in [2.45, 2.75) is 19.5 Å². The third-order valence-corrected chi connectivity index (χ3v) is 2.25. The molecule has 1 unspecified atom stereocenters. The molecule has 1 aromatic rings. The summed E-state index contributed by atoms with van der Waals surface area (Å²) in [5, 5.41) is 3.31. The van der Waals surface area contributed by atoms with Crippen LogP contribution in [-0.2, 0) is 6.54 Å². The van der Waals surface area contributed by atoms with E-state index in [9.17, 15) is 0 Å². The molecule has 0 saturated heterocycles. The molecule has 0 aromatic heterocycles. The van der Waals surface area contributed by atoms with E-state index in [1.54, 1.807) is 0 Å². The van der Waals surface area contributed by atoms with Crippen molar-refractivity contribution in [3.8, 4) is 0 Å². The summed E-state index contributed by atoms with van der Waals surface area (Å²) >= 11 is 0. The summed E-state index contributed by atoms with van der Waals surface area (Å²) in [5.41, 5.74) is 8.17. The minimum atomic E-state index is 0.214. The topological polar surface area (TPSA) is 41.3 Å². The molecule has 0 amide bonds. The van der Waals surface area contributed by atoms with Gasteiger partial charge in [0.15, 0.2) is 0 Å². The van der Waals surface area contributed by atoms with Gasteiger partial charge in [0, 0.05) is 38.9 Å². The molecule has 0 aliphatic heterocycles. The number of hydrogen-bond acceptors (Lipinski definition) is 3. The first kappa shape index (κ1) is 12.0. The average molecular weight is 207 g/mol. The van der Waals surface area contributed by atoms with Crippen molar-refractivity contribution >= 4 is 5.69 Å². The Kier molecular flexibility index (Phi) is 4.59.